The van der Waals surface area contributed by atoms with E-state index in [9.17, 15) is 0 Å². The van der Waals surface area contributed by atoms with Crippen LogP contribution >= 0.6 is 0 Å². The average molecular weight is 268 g/mol. The van der Waals surface area contributed by atoms with Crippen molar-refractivity contribution in [2.24, 2.45) is 0 Å². The molecule has 0 spiro atoms. The van der Waals surface area contributed by atoms with Crippen molar-refractivity contribution < 1.29 is 8.94 Å². The lowest BCUT2D eigenvalue weighted by atomic mass is 10.0. The molecule has 2 N–H and O–H groups in total. The third-order valence-corrected chi connectivity index (χ3v) is 3.28. The predicted molar refractivity (Wildman–Crippen MR) is 77.2 cm³/mol. The second kappa shape index (κ2) is 5.25. The van der Waals surface area contributed by atoms with Crippen LogP contribution in [0.1, 0.15) is 17.0 Å². The van der Waals surface area contributed by atoms with Gasteiger partial charge in [-0.2, -0.15) is 0 Å². The van der Waals surface area contributed by atoms with Gasteiger partial charge in [0.1, 0.15) is 5.76 Å². The van der Waals surface area contributed by atoms with Crippen LogP contribution in [0.4, 0.5) is 5.88 Å². The van der Waals surface area contributed by atoms with E-state index in [1.807, 2.05) is 24.3 Å². The van der Waals surface area contributed by atoms with Crippen molar-refractivity contribution in [1.82, 2.24) is 5.16 Å². The molecule has 0 radical (unpaired) electrons. The Morgan fingerprint density at radius 3 is 2.80 bits per heavy atom. The maximum atomic E-state index is 5.92. The van der Waals surface area contributed by atoms with Gasteiger partial charge >= 0.3 is 0 Å². The number of nitrogens with two attached hydrogens (primary N) is 1. The van der Waals surface area contributed by atoms with Crippen LogP contribution in [0.15, 0.2) is 51.6 Å². The van der Waals surface area contributed by atoms with Gasteiger partial charge in [-0.15, -0.1) is 0 Å². The molecule has 102 valence electrons. The molecule has 0 saturated heterocycles. The molecule has 0 fully saturated rings. The third kappa shape index (κ3) is 2.45. The molecule has 0 amide bonds. The smallest absolute Gasteiger partial charge is 0.230 e. The van der Waals surface area contributed by atoms with Crippen molar-refractivity contribution in [2.45, 2.75) is 19.8 Å². The van der Waals surface area contributed by atoms with E-state index in [0.29, 0.717) is 5.88 Å². The highest BCUT2D eigenvalue weighted by Gasteiger charge is 2.16. The van der Waals surface area contributed by atoms with E-state index in [-0.39, 0.29) is 0 Å². The molecular formula is C16H16N2O2. The first-order valence-electron chi connectivity index (χ1n) is 6.57. The van der Waals surface area contributed by atoms with Crippen LogP contribution in [0, 0.1) is 6.92 Å². The first-order valence-corrected chi connectivity index (χ1v) is 6.57. The highest BCUT2D eigenvalue weighted by atomic mass is 16.5. The quantitative estimate of drug-likeness (QED) is 0.785. The number of anilines is 1. The summed E-state index contributed by atoms with van der Waals surface area (Å²) in [4.78, 5) is 0. The van der Waals surface area contributed by atoms with Gasteiger partial charge in [-0.05, 0) is 24.6 Å². The maximum absolute atomic E-state index is 5.92. The fourth-order valence-electron chi connectivity index (χ4n) is 2.31. The molecule has 3 rings (SSSR count). The van der Waals surface area contributed by atoms with Crippen LogP contribution in [-0.4, -0.2) is 5.16 Å². The molecule has 2 aromatic heterocycles. The number of rotatable bonds is 4. The normalized spacial score (nSPS) is 10.8. The van der Waals surface area contributed by atoms with Crippen LogP contribution in [0.2, 0.25) is 0 Å². The van der Waals surface area contributed by atoms with Crippen molar-refractivity contribution in [3.8, 4) is 11.1 Å². The molecule has 0 unspecified atom stereocenters. The van der Waals surface area contributed by atoms with Gasteiger partial charge in [-0.25, -0.2) is 0 Å². The fraction of sp³-hybridized carbons (Fsp3) is 0.188. The van der Waals surface area contributed by atoms with E-state index in [4.69, 9.17) is 14.7 Å². The van der Waals surface area contributed by atoms with Crippen LogP contribution in [0.25, 0.3) is 11.1 Å². The van der Waals surface area contributed by atoms with Gasteiger partial charge in [0.05, 0.1) is 17.5 Å². The molecule has 1 aromatic carbocycles. The molecule has 3 aromatic rings. The minimum absolute atomic E-state index is 0.366. The Hall–Kier alpha value is -2.49. The summed E-state index contributed by atoms with van der Waals surface area (Å²) in [5.41, 5.74) is 9.89. The molecule has 0 aliphatic carbocycles. The van der Waals surface area contributed by atoms with Crippen molar-refractivity contribution in [1.29, 1.82) is 0 Å². The zero-order valence-electron chi connectivity index (χ0n) is 11.3. The molecule has 0 saturated carbocycles. The van der Waals surface area contributed by atoms with Gasteiger partial charge in [0, 0.05) is 12.8 Å². The van der Waals surface area contributed by atoms with E-state index in [1.54, 1.807) is 6.26 Å². The lowest BCUT2D eigenvalue weighted by Crippen LogP contribution is -1.94. The molecule has 2 heterocycles. The second-order valence-corrected chi connectivity index (χ2v) is 4.82. The highest BCUT2D eigenvalue weighted by Crippen LogP contribution is 2.31. The first kappa shape index (κ1) is 12.5. The second-order valence-electron chi connectivity index (χ2n) is 4.82. The highest BCUT2D eigenvalue weighted by molar-refractivity contribution is 5.75. The molecule has 4 nitrogen and oxygen atoms in total. The van der Waals surface area contributed by atoms with Gasteiger partial charge in [0.15, 0.2) is 0 Å². The van der Waals surface area contributed by atoms with E-state index < -0.39 is 0 Å². The molecule has 4 heteroatoms. The summed E-state index contributed by atoms with van der Waals surface area (Å²) in [5, 5.41) is 4.08. The fourth-order valence-corrected chi connectivity index (χ4v) is 2.31. The Bertz CT molecular complexity index is 699. The number of nitrogen functional groups attached to an aromatic ring is 1. The monoisotopic (exact) mass is 268 g/mol. The summed E-state index contributed by atoms with van der Waals surface area (Å²) in [7, 11) is 0. The van der Waals surface area contributed by atoms with Crippen molar-refractivity contribution >= 4 is 5.88 Å². The Kier molecular flexibility index (Phi) is 3.29. The van der Waals surface area contributed by atoms with E-state index in [0.717, 1.165) is 35.4 Å². The van der Waals surface area contributed by atoms with Crippen molar-refractivity contribution in [2.75, 3.05) is 5.73 Å². The Labute approximate surface area is 117 Å². The number of aryl methyl sites for hydroxylation is 3. The number of hydrogen-bond acceptors (Lipinski definition) is 4. The number of furan rings is 1. The molecule has 0 aliphatic rings. The van der Waals surface area contributed by atoms with Gasteiger partial charge < -0.3 is 14.7 Å². The molecule has 0 atom stereocenters. The number of aromatic nitrogens is 1. The lowest BCUT2D eigenvalue weighted by molar-refractivity contribution is 0.425. The summed E-state index contributed by atoms with van der Waals surface area (Å²) in [6.45, 7) is 2.05. The third-order valence-electron chi connectivity index (χ3n) is 3.28. The zero-order chi connectivity index (χ0) is 13.9. The number of hydrogen-bond donors (Lipinski definition) is 1. The minimum Gasteiger partial charge on any atom is -0.469 e. The Morgan fingerprint density at radius 2 is 2.05 bits per heavy atom. The van der Waals surface area contributed by atoms with Gasteiger partial charge in [0.25, 0.3) is 0 Å². The van der Waals surface area contributed by atoms with Crippen LogP contribution < -0.4 is 5.73 Å². The van der Waals surface area contributed by atoms with Crippen LogP contribution in [0.3, 0.4) is 0 Å². The van der Waals surface area contributed by atoms with Gasteiger partial charge in [-0.3, -0.25) is 0 Å². The average Bonchev–Trinajstić information content (AvgIpc) is 3.06. The largest absolute Gasteiger partial charge is 0.469 e. The topological polar surface area (TPSA) is 65.2 Å². The zero-order valence-corrected chi connectivity index (χ0v) is 11.3. The molecule has 0 aliphatic heterocycles. The minimum atomic E-state index is 0.366. The summed E-state index contributed by atoms with van der Waals surface area (Å²) >= 11 is 0. The van der Waals surface area contributed by atoms with Crippen molar-refractivity contribution in [3.05, 3.63) is 59.7 Å². The molecule has 0 bridgehead atoms. The van der Waals surface area contributed by atoms with Crippen molar-refractivity contribution in [3.63, 3.8) is 0 Å². The lowest BCUT2D eigenvalue weighted by Gasteiger charge is -2.03. The summed E-state index contributed by atoms with van der Waals surface area (Å²) in [6.07, 6.45) is 3.18. The maximum Gasteiger partial charge on any atom is 0.230 e. The summed E-state index contributed by atoms with van der Waals surface area (Å²) in [5.74, 6) is 1.30. The van der Waals surface area contributed by atoms with Gasteiger partial charge in [-0.1, -0.05) is 35.0 Å². The predicted octanol–water partition coefficient (Wildman–Crippen LogP) is 3.61. The standard InChI is InChI=1S/C16H16N2O2/c1-11-4-2-5-12(10-11)15-14(18-20-16(15)17)8-7-13-6-3-9-19-13/h2-6,9-10H,7-8,17H2,1H3. The first-order chi connectivity index (χ1) is 9.74. The van der Waals surface area contributed by atoms with Crippen LogP contribution in [0.5, 0.6) is 0 Å². The summed E-state index contributed by atoms with van der Waals surface area (Å²) in [6, 6.07) is 12.0. The SMILES string of the molecule is Cc1cccc(-c2c(CCc3ccco3)noc2N)c1. The molecular weight excluding hydrogens is 252 g/mol. The molecule has 20 heavy (non-hydrogen) atoms. The van der Waals surface area contributed by atoms with E-state index in [2.05, 4.69) is 24.2 Å². The van der Waals surface area contributed by atoms with E-state index >= 15 is 0 Å². The van der Waals surface area contributed by atoms with Gasteiger partial charge in [0.2, 0.25) is 5.88 Å². The Balaban J connectivity index is 1.89. The summed E-state index contributed by atoms with van der Waals surface area (Å²) < 4.78 is 10.5. The Morgan fingerprint density at radius 1 is 1.15 bits per heavy atom. The van der Waals surface area contributed by atoms with Crippen LogP contribution in [-0.2, 0) is 12.8 Å². The number of benzene rings is 1. The van der Waals surface area contributed by atoms with E-state index in [1.165, 1.54) is 5.56 Å². The number of nitrogens with zero attached hydrogens (tertiary/aromatic N) is 1.